The summed E-state index contributed by atoms with van der Waals surface area (Å²) in [6, 6.07) is 7.31. The quantitative estimate of drug-likeness (QED) is 0.663. The van der Waals surface area contributed by atoms with E-state index in [0.29, 0.717) is 6.04 Å². The summed E-state index contributed by atoms with van der Waals surface area (Å²) in [5.74, 6) is 1.79. The van der Waals surface area contributed by atoms with E-state index < -0.39 is 0 Å². The van der Waals surface area contributed by atoms with E-state index in [-0.39, 0.29) is 0 Å². The van der Waals surface area contributed by atoms with Crippen molar-refractivity contribution in [3.05, 3.63) is 32.9 Å². The predicted molar refractivity (Wildman–Crippen MR) is 96.1 cm³/mol. The van der Waals surface area contributed by atoms with E-state index in [1.165, 1.54) is 46.8 Å². The fourth-order valence-electron chi connectivity index (χ4n) is 3.59. The van der Waals surface area contributed by atoms with E-state index >= 15 is 0 Å². The average molecular weight is 385 g/mol. The maximum atomic E-state index is 3.76. The molecule has 0 aromatic heterocycles. The van der Waals surface area contributed by atoms with Crippen LogP contribution in [-0.2, 0) is 0 Å². The minimum absolute atomic E-state index is 0.546. The minimum Gasteiger partial charge on any atom is -0.310 e. The highest BCUT2D eigenvalue weighted by Crippen LogP contribution is 2.39. The van der Waals surface area contributed by atoms with Crippen molar-refractivity contribution in [3.63, 3.8) is 0 Å². The van der Waals surface area contributed by atoms with E-state index in [0.717, 1.165) is 18.4 Å². The van der Waals surface area contributed by atoms with Gasteiger partial charge in [-0.25, -0.2) is 0 Å². The number of halogens is 1. The van der Waals surface area contributed by atoms with E-state index in [1.807, 2.05) is 0 Å². The Hall–Kier alpha value is -0.0900. The number of aryl methyl sites for hydroxylation is 1. The van der Waals surface area contributed by atoms with Gasteiger partial charge in [0.05, 0.1) is 0 Å². The van der Waals surface area contributed by atoms with Crippen molar-refractivity contribution in [2.24, 2.45) is 11.8 Å². The van der Waals surface area contributed by atoms with E-state index in [4.69, 9.17) is 0 Å². The molecule has 20 heavy (non-hydrogen) atoms. The number of hydrogen-bond acceptors (Lipinski definition) is 1. The minimum atomic E-state index is 0.546. The topological polar surface area (TPSA) is 12.0 Å². The van der Waals surface area contributed by atoms with E-state index in [1.54, 1.807) is 0 Å². The summed E-state index contributed by atoms with van der Waals surface area (Å²) in [6.07, 6.45) is 6.98. The molecule has 0 spiro atoms. The molecule has 1 N–H and O–H groups in total. The lowest BCUT2D eigenvalue weighted by molar-refractivity contribution is 0.219. The van der Waals surface area contributed by atoms with Crippen molar-refractivity contribution in [1.29, 1.82) is 0 Å². The molecule has 1 aromatic rings. The lowest BCUT2D eigenvalue weighted by Crippen LogP contribution is -2.31. The second-order valence-corrected chi connectivity index (χ2v) is 7.28. The first kappa shape index (κ1) is 16.3. The van der Waals surface area contributed by atoms with Gasteiger partial charge in [-0.3, -0.25) is 0 Å². The molecular weight excluding hydrogens is 357 g/mol. The molecule has 2 heteroatoms. The molecule has 0 radical (unpaired) electrons. The monoisotopic (exact) mass is 385 g/mol. The molecule has 0 aliphatic heterocycles. The van der Waals surface area contributed by atoms with Crippen LogP contribution in [0.3, 0.4) is 0 Å². The van der Waals surface area contributed by atoms with Crippen LogP contribution in [0.25, 0.3) is 0 Å². The third-order valence-electron chi connectivity index (χ3n) is 4.92. The van der Waals surface area contributed by atoms with Crippen LogP contribution < -0.4 is 5.32 Å². The van der Waals surface area contributed by atoms with Crippen LogP contribution in [0.5, 0.6) is 0 Å². The molecule has 1 unspecified atom stereocenters. The molecule has 1 saturated carbocycles. The van der Waals surface area contributed by atoms with Gasteiger partial charge in [0, 0.05) is 9.61 Å². The van der Waals surface area contributed by atoms with Gasteiger partial charge in [0.1, 0.15) is 0 Å². The summed E-state index contributed by atoms with van der Waals surface area (Å²) in [6.45, 7) is 7.86. The number of rotatable bonds is 5. The largest absolute Gasteiger partial charge is 0.310 e. The molecule has 0 saturated heterocycles. The van der Waals surface area contributed by atoms with Crippen molar-refractivity contribution in [2.45, 2.75) is 58.9 Å². The Balaban J connectivity index is 2.17. The first-order chi connectivity index (χ1) is 9.67. The van der Waals surface area contributed by atoms with Gasteiger partial charge in [0.15, 0.2) is 0 Å². The fourth-order valence-corrected chi connectivity index (χ4v) is 4.29. The van der Waals surface area contributed by atoms with Gasteiger partial charge >= 0.3 is 0 Å². The zero-order valence-electron chi connectivity index (χ0n) is 13.1. The first-order valence-corrected chi connectivity index (χ1v) is 9.23. The summed E-state index contributed by atoms with van der Waals surface area (Å²) in [7, 11) is 0. The Morgan fingerprint density at radius 2 is 1.90 bits per heavy atom. The molecular formula is C18H28IN. The van der Waals surface area contributed by atoms with Gasteiger partial charge < -0.3 is 5.32 Å². The normalized spacial score (nSPS) is 24.6. The van der Waals surface area contributed by atoms with Crippen molar-refractivity contribution in [3.8, 4) is 0 Å². The Labute approximate surface area is 138 Å². The van der Waals surface area contributed by atoms with Crippen LogP contribution in [0.4, 0.5) is 0 Å². The SMILES string of the molecule is CCNC(c1cccc(C)c1I)C1CCC(CC)CC1. The van der Waals surface area contributed by atoms with Crippen LogP contribution in [-0.4, -0.2) is 6.54 Å². The molecule has 1 nitrogen and oxygen atoms in total. The predicted octanol–water partition coefficient (Wildman–Crippen LogP) is 5.47. The molecule has 2 rings (SSSR count). The molecule has 0 amide bonds. The number of benzene rings is 1. The second-order valence-electron chi connectivity index (χ2n) is 6.20. The Morgan fingerprint density at radius 1 is 1.20 bits per heavy atom. The van der Waals surface area contributed by atoms with Gasteiger partial charge in [0.2, 0.25) is 0 Å². The Morgan fingerprint density at radius 3 is 2.50 bits per heavy atom. The molecule has 1 aliphatic carbocycles. The van der Waals surface area contributed by atoms with Crippen LogP contribution >= 0.6 is 22.6 Å². The fraction of sp³-hybridized carbons (Fsp3) is 0.667. The lowest BCUT2D eigenvalue weighted by atomic mass is 9.76. The third kappa shape index (κ3) is 3.76. The van der Waals surface area contributed by atoms with Crippen molar-refractivity contribution in [2.75, 3.05) is 6.54 Å². The van der Waals surface area contributed by atoms with Gasteiger partial charge in [-0.2, -0.15) is 0 Å². The van der Waals surface area contributed by atoms with Crippen LogP contribution in [0.15, 0.2) is 18.2 Å². The zero-order valence-corrected chi connectivity index (χ0v) is 15.2. The van der Waals surface area contributed by atoms with Crippen LogP contribution in [0.1, 0.15) is 63.1 Å². The number of hydrogen-bond donors (Lipinski definition) is 1. The van der Waals surface area contributed by atoms with Gasteiger partial charge in [-0.15, -0.1) is 0 Å². The molecule has 112 valence electrons. The molecule has 1 atom stereocenters. The average Bonchev–Trinajstić information content (AvgIpc) is 2.48. The highest BCUT2D eigenvalue weighted by molar-refractivity contribution is 14.1. The number of nitrogens with one attached hydrogen (secondary N) is 1. The van der Waals surface area contributed by atoms with E-state index in [2.05, 4.69) is 66.9 Å². The summed E-state index contributed by atoms with van der Waals surface area (Å²) in [5, 5.41) is 3.76. The van der Waals surface area contributed by atoms with Gasteiger partial charge in [0.25, 0.3) is 0 Å². The zero-order chi connectivity index (χ0) is 14.5. The maximum Gasteiger partial charge on any atom is 0.0359 e. The van der Waals surface area contributed by atoms with Crippen molar-refractivity contribution >= 4 is 22.6 Å². The molecule has 1 fully saturated rings. The summed E-state index contributed by atoms with van der Waals surface area (Å²) >= 11 is 2.53. The second kappa shape index (κ2) is 7.79. The summed E-state index contributed by atoms with van der Waals surface area (Å²) < 4.78 is 1.45. The Kier molecular flexibility index (Phi) is 6.34. The van der Waals surface area contributed by atoms with Gasteiger partial charge in [-0.05, 0) is 71.9 Å². The highest BCUT2D eigenvalue weighted by atomic mass is 127. The highest BCUT2D eigenvalue weighted by Gasteiger charge is 2.28. The third-order valence-corrected chi connectivity index (χ3v) is 6.39. The smallest absolute Gasteiger partial charge is 0.0359 e. The van der Waals surface area contributed by atoms with Crippen LogP contribution in [0.2, 0.25) is 0 Å². The maximum absolute atomic E-state index is 3.76. The van der Waals surface area contributed by atoms with Crippen LogP contribution in [0, 0.1) is 22.3 Å². The van der Waals surface area contributed by atoms with Crippen molar-refractivity contribution in [1.82, 2.24) is 5.32 Å². The first-order valence-electron chi connectivity index (χ1n) is 8.15. The molecule has 0 bridgehead atoms. The lowest BCUT2D eigenvalue weighted by Gasteiger charge is -2.35. The molecule has 1 aliphatic rings. The van der Waals surface area contributed by atoms with Gasteiger partial charge in [-0.1, -0.05) is 51.3 Å². The summed E-state index contributed by atoms with van der Waals surface area (Å²) in [4.78, 5) is 0. The molecule has 0 heterocycles. The molecule has 1 aromatic carbocycles. The standard InChI is InChI=1S/C18H28IN/c1-4-14-9-11-15(12-10-14)18(20-5-2)16-8-6-7-13(3)17(16)19/h6-8,14-15,18,20H,4-5,9-12H2,1-3H3. The Bertz CT molecular complexity index is 421. The summed E-state index contributed by atoms with van der Waals surface area (Å²) in [5.41, 5.74) is 2.93. The van der Waals surface area contributed by atoms with Crippen molar-refractivity contribution < 1.29 is 0 Å². The van der Waals surface area contributed by atoms with E-state index in [9.17, 15) is 0 Å².